The number of esters is 1. The molecule has 1 saturated heterocycles. The largest absolute Gasteiger partial charge is 0.459 e. The highest BCUT2D eigenvalue weighted by Gasteiger charge is 2.61. The van der Waals surface area contributed by atoms with Crippen LogP contribution in [0.3, 0.4) is 0 Å². The zero-order valence-electron chi connectivity index (χ0n) is 26.0. The molecule has 5 saturated carbocycles. The van der Waals surface area contributed by atoms with Crippen LogP contribution in [0, 0.1) is 59.2 Å². The SMILES string of the molecule is CCC1CC(CC)C(CC2OCCO2)C1.CCC1CC(CC)C2C3CC(CC3C(=O)OC3(CC)CCCC3)C12. The Balaban J connectivity index is 0.000000177. The van der Waals surface area contributed by atoms with Crippen molar-refractivity contribution in [2.24, 2.45) is 59.2 Å². The quantitative estimate of drug-likeness (QED) is 0.272. The Morgan fingerprint density at radius 2 is 1.38 bits per heavy atom. The Morgan fingerprint density at radius 3 is 2.00 bits per heavy atom. The summed E-state index contributed by atoms with van der Waals surface area (Å²) in [5, 5.41) is 0. The molecule has 4 heteroatoms. The van der Waals surface area contributed by atoms with E-state index in [4.69, 9.17) is 14.2 Å². The van der Waals surface area contributed by atoms with Gasteiger partial charge >= 0.3 is 5.97 Å². The molecule has 1 aliphatic heterocycles. The van der Waals surface area contributed by atoms with Crippen LogP contribution in [0.4, 0.5) is 0 Å². The molecular weight excluding hydrogens is 484 g/mol. The van der Waals surface area contributed by atoms with Gasteiger partial charge in [0.1, 0.15) is 5.60 Å². The molecule has 0 aromatic carbocycles. The first-order valence-electron chi connectivity index (χ1n) is 17.4. The molecule has 6 aliphatic rings. The number of carbonyl (C=O) groups excluding carboxylic acids is 1. The predicted octanol–water partition coefficient (Wildman–Crippen LogP) is 8.81. The fraction of sp³-hybridized carbons (Fsp3) is 0.971. The topological polar surface area (TPSA) is 44.8 Å². The smallest absolute Gasteiger partial charge is 0.309 e. The normalized spacial score (nSPS) is 42.5. The van der Waals surface area contributed by atoms with Crippen molar-refractivity contribution in [3.63, 3.8) is 0 Å². The Morgan fingerprint density at radius 1 is 0.744 bits per heavy atom. The van der Waals surface area contributed by atoms with Crippen molar-refractivity contribution in [1.82, 2.24) is 0 Å². The van der Waals surface area contributed by atoms with E-state index < -0.39 is 0 Å². The highest BCUT2D eigenvalue weighted by molar-refractivity contribution is 5.74. The third-order valence-electron chi connectivity index (χ3n) is 12.9. The third kappa shape index (κ3) is 6.13. The number of hydrogen-bond donors (Lipinski definition) is 0. The molecule has 0 spiro atoms. The van der Waals surface area contributed by atoms with Crippen LogP contribution in [0.5, 0.6) is 0 Å². The number of carbonyl (C=O) groups is 1. The lowest BCUT2D eigenvalue weighted by molar-refractivity contribution is -0.168. The molecule has 39 heavy (non-hydrogen) atoms. The summed E-state index contributed by atoms with van der Waals surface area (Å²) in [4.78, 5) is 13.1. The van der Waals surface area contributed by atoms with Gasteiger partial charge in [0.2, 0.25) is 0 Å². The van der Waals surface area contributed by atoms with E-state index in [1.807, 2.05) is 0 Å². The van der Waals surface area contributed by atoms with E-state index in [2.05, 4.69) is 34.6 Å². The Kier molecular flexibility index (Phi) is 10.1. The molecule has 6 fully saturated rings. The van der Waals surface area contributed by atoms with Gasteiger partial charge in [-0.2, -0.15) is 0 Å². The molecule has 0 radical (unpaired) electrons. The van der Waals surface area contributed by atoms with Crippen molar-refractivity contribution in [2.45, 2.75) is 143 Å². The van der Waals surface area contributed by atoms with E-state index in [9.17, 15) is 4.79 Å². The van der Waals surface area contributed by atoms with Crippen LogP contribution in [0.25, 0.3) is 0 Å². The summed E-state index contributed by atoms with van der Waals surface area (Å²) >= 11 is 0. The molecule has 224 valence electrons. The first-order valence-corrected chi connectivity index (χ1v) is 17.4. The summed E-state index contributed by atoms with van der Waals surface area (Å²) < 4.78 is 17.3. The summed E-state index contributed by atoms with van der Waals surface area (Å²) in [6.45, 7) is 13.2. The molecule has 5 aliphatic carbocycles. The molecule has 6 rings (SSSR count). The predicted molar refractivity (Wildman–Crippen MR) is 157 cm³/mol. The summed E-state index contributed by atoms with van der Waals surface area (Å²) in [6, 6.07) is 0. The minimum atomic E-state index is -0.107. The zero-order chi connectivity index (χ0) is 27.6. The van der Waals surface area contributed by atoms with Gasteiger partial charge in [0.05, 0.1) is 19.1 Å². The second-order valence-electron chi connectivity index (χ2n) is 14.5. The monoisotopic (exact) mass is 544 g/mol. The lowest BCUT2D eigenvalue weighted by Gasteiger charge is -2.37. The Bertz CT molecular complexity index is 784. The molecule has 2 bridgehead atoms. The third-order valence-corrected chi connectivity index (χ3v) is 12.9. The van der Waals surface area contributed by atoms with Gasteiger partial charge in [-0.15, -0.1) is 0 Å². The van der Waals surface area contributed by atoms with E-state index in [0.29, 0.717) is 5.92 Å². The van der Waals surface area contributed by atoms with Gasteiger partial charge in [-0.25, -0.2) is 0 Å². The van der Waals surface area contributed by atoms with E-state index in [1.54, 1.807) is 0 Å². The van der Waals surface area contributed by atoms with Crippen LogP contribution in [-0.4, -0.2) is 31.1 Å². The summed E-state index contributed by atoms with van der Waals surface area (Å²) in [7, 11) is 0. The summed E-state index contributed by atoms with van der Waals surface area (Å²) in [5.74, 6) is 8.17. The summed E-state index contributed by atoms with van der Waals surface area (Å²) in [6.07, 6.45) is 18.9. The standard InChI is InChI=1S/C22H36O2.C13H24O2/c1-4-14-11-15(5-2)20-17-12-16(19(14)20)13-18(17)21(23)24-22(6-3)9-7-8-10-22;1-3-10-7-11(4-2)12(8-10)9-13-14-5-6-15-13/h14-20H,4-13H2,1-3H3;10-13H,3-9H2,1-2H3. The average Bonchev–Trinajstić information content (AvgIpc) is 3.79. The number of ether oxygens (including phenoxy) is 3. The fourth-order valence-electron chi connectivity index (χ4n) is 10.8. The lowest BCUT2D eigenvalue weighted by atomic mass is 9.70. The molecule has 0 N–H and O–H groups in total. The van der Waals surface area contributed by atoms with Gasteiger partial charge in [-0.05, 0) is 117 Å². The fourth-order valence-corrected chi connectivity index (χ4v) is 10.8. The van der Waals surface area contributed by atoms with E-state index >= 15 is 0 Å². The molecule has 10 atom stereocenters. The van der Waals surface area contributed by atoms with Gasteiger partial charge in [0.15, 0.2) is 6.29 Å². The maximum Gasteiger partial charge on any atom is 0.309 e. The van der Waals surface area contributed by atoms with Crippen LogP contribution in [-0.2, 0) is 19.0 Å². The molecule has 1 heterocycles. The second kappa shape index (κ2) is 13.1. The molecular formula is C35H60O4. The molecule has 10 unspecified atom stereocenters. The van der Waals surface area contributed by atoms with E-state index in [-0.39, 0.29) is 23.8 Å². The maximum absolute atomic E-state index is 13.1. The highest BCUT2D eigenvalue weighted by atomic mass is 16.7. The van der Waals surface area contributed by atoms with Gasteiger partial charge in [0, 0.05) is 6.42 Å². The van der Waals surface area contributed by atoms with Crippen LogP contribution in [0.15, 0.2) is 0 Å². The first kappa shape index (κ1) is 29.9. The summed E-state index contributed by atoms with van der Waals surface area (Å²) in [5.41, 5.74) is -0.107. The number of fused-ring (bicyclic) bond motifs is 5. The van der Waals surface area contributed by atoms with Gasteiger partial charge < -0.3 is 14.2 Å². The lowest BCUT2D eigenvalue weighted by Crippen LogP contribution is -2.39. The van der Waals surface area contributed by atoms with Gasteiger partial charge in [-0.3, -0.25) is 4.79 Å². The van der Waals surface area contributed by atoms with Crippen LogP contribution < -0.4 is 0 Å². The highest BCUT2D eigenvalue weighted by Crippen LogP contribution is 2.66. The molecule has 0 amide bonds. The van der Waals surface area contributed by atoms with E-state index in [0.717, 1.165) is 92.7 Å². The average molecular weight is 545 g/mol. The van der Waals surface area contributed by atoms with Crippen LogP contribution in [0.2, 0.25) is 0 Å². The van der Waals surface area contributed by atoms with Crippen molar-refractivity contribution >= 4 is 5.97 Å². The van der Waals surface area contributed by atoms with Crippen LogP contribution in [0.1, 0.15) is 131 Å². The van der Waals surface area contributed by atoms with E-state index in [1.165, 1.54) is 64.2 Å². The number of hydrogen-bond acceptors (Lipinski definition) is 4. The van der Waals surface area contributed by atoms with Crippen molar-refractivity contribution in [1.29, 1.82) is 0 Å². The molecule has 0 aromatic heterocycles. The molecule has 4 nitrogen and oxygen atoms in total. The van der Waals surface area contributed by atoms with Crippen molar-refractivity contribution in [3.8, 4) is 0 Å². The van der Waals surface area contributed by atoms with Crippen molar-refractivity contribution in [3.05, 3.63) is 0 Å². The Hall–Kier alpha value is -0.610. The molecule has 0 aromatic rings. The maximum atomic E-state index is 13.1. The van der Waals surface area contributed by atoms with Crippen molar-refractivity contribution < 1.29 is 19.0 Å². The minimum Gasteiger partial charge on any atom is -0.459 e. The van der Waals surface area contributed by atoms with Crippen molar-refractivity contribution in [2.75, 3.05) is 13.2 Å². The van der Waals surface area contributed by atoms with Gasteiger partial charge in [-0.1, -0.05) is 60.3 Å². The van der Waals surface area contributed by atoms with Crippen LogP contribution >= 0.6 is 0 Å². The van der Waals surface area contributed by atoms with Gasteiger partial charge in [0.25, 0.3) is 0 Å². The first-order chi connectivity index (χ1) is 19.0. The Labute approximate surface area is 240 Å². The zero-order valence-corrected chi connectivity index (χ0v) is 26.0. The minimum absolute atomic E-state index is 0.107. The second-order valence-corrected chi connectivity index (χ2v) is 14.5. The number of rotatable bonds is 9.